The molecule has 0 saturated carbocycles. The van der Waals surface area contributed by atoms with Crippen molar-refractivity contribution in [3.63, 3.8) is 0 Å². The maximum atomic E-state index is 12.7. The molecule has 6 nitrogen and oxygen atoms in total. The summed E-state index contributed by atoms with van der Waals surface area (Å²) in [7, 11) is -3.34. The van der Waals surface area contributed by atoms with E-state index in [2.05, 4.69) is 5.32 Å². The number of ether oxygens (including phenoxy) is 1. The first-order valence-corrected chi connectivity index (χ1v) is 10.8. The number of amides is 1. The molecule has 0 saturated heterocycles. The van der Waals surface area contributed by atoms with Gasteiger partial charge >= 0.3 is 13.7 Å². The lowest BCUT2D eigenvalue weighted by Crippen LogP contribution is -2.39. The number of alkyl carbamates (subject to hydrolysis) is 1. The van der Waals surface area contributed by atoms with Gasteiger partial charge < -0.3 is 19.1 Å². The zero-order chi connectivity index (χ0) is 20.5. The van der Waals surface area contributed by atoms with Crippen LogP contribution >= 0.6 is 7.60 Å². The van der Waals surface area contributed by atoms with Gasteiger partial charge in [-0.3, -0.25) is 4.57 Å². The first-order chi connectivity index (χ1) is 12.6. The topological polar surface area (TPSA) is 73.9 Å². The van der Waals surface area contributed by atoms with E-state index >= 15 is 0 Å². The van der Waals surface area contributed by atoms with E-state index in [9.17, 15) is 9.36 Å². The molecule has 0 bridgehead atoms. The molecule has 1 N–H and O–H groups in total. The summed E-state index contributed by atoms with van der Waals surface area (Å²) in [5.74, 6) is 1.41. The van der Waals surface area contributed by atoms with E-state index in [-0.39, 0.29) is 13.2 Å². The van der Waals surface area contributed by atoms with E-state index in [0.29, 0.717) is 6.42 Å². The van der Waals surface area contributed by atoms with E-state index in [1.54, 1.807) is 40.7 Å². The SMILES string of the molecule is CCOP(=O)(/C=C/C(Cc1ccc(C)cc1)NC(=O)OC(C)(C)C)OCC. The predicted octanol–water partition coefficient (Wildman–Crippen LogP) is 5.21. The Morgan fingerprint density at radius 2 is 1.70 bits per heavy atom. The minimum atomic E-state index is -3.34. The Hall–Kier alpha value is -1.62. The lowest BCUT2D eigenvalue weighted by atomic mass is 10.0. The molecule has 0 aromatic heterocycles. The Morgan fingerprint density at radius 3 is 2.19 bits per heavy atom. The second kappa shape index (κ2) is 10.6. The molecule has 0 radical (unpaired) electrons. The quantitative estimate of drug-likeness (QED) is 0.579. The van der Waals surface area contributed by atoms with Crippen molar-refractivity contribution in [2.75, 3.05) is 13.2 Å². The lowest BCUT2D eigenvalue weighted by molar-refractivity contribution is 0.0514. The molecule has 0 fully saturated rings. The molecule has 1 amide bonds. The van der Waals surface area contributed by atoms with Crippen LogP contribution in [0.15, 0.2) is 36.2 Å². The Bertz CT molecular complexity index is 654. The molecular weight excluding hydrogens is 365 g/mol. The van der Waals surface area contributed by atoms with Crippen molar-refractivity contribution in [2.45, 2.75) is 59.6 Å². The molecule has 0 aliphatic carbocycles. The number of nitrogens with one attached hydrogen (secondary N) is 1. The molecule has 152 valence electrons. The highest BCUT2D eigenvalue weighted by atomic mass is 31.2. The van der Waals surface area contributed by atoms with Gasteiger partial charge in [0.25, 0.3) is 0 Å². The van der Waals surface area contributed by atoms with Crippen molar-refractivity contribution in [3.05, 3.63) is 47.3 Å². The van der Waals surface area contributed by atoms with Gasteiger partial charge in [0.2, 0.25) is 0 Å². The first kappa shape index (κ1) is 23.4. The third kappa shape index (κ3) is 9.76. The molecule has 0 spiro atoms. The zero-order valence-corrected chi connectivity index (χ0v) is 18.0. The molecule has 0 aliphatic heterocycles. The molecule has 1 aromatic carbocycles. The van der Waals surface area contributed by atoms with Crippen molar-refractivity contribution in [3.8, 4) is 0 Å². The van der Waals surface area contributed by atoms with Gasteiger partial charge in [0.15, 0.2) is 0 Å². The third-order valence-electron chi connectivity index (χ3n) is 3.40. The maximum Gasteiger partial charge on any atom is 0.408 e. The highest BCUT2D eigenvalue weighted by molar-refractivity contribution is 7.57. The fourth-order valence-electron chi connectivity index (χ4n) is 2.30. The number of carbonyl (C=O) groups is 1. The van der Waals surface area contributed by atoms with Crippen molar-refractivity contribution >= 4 is 13.7 Å². The summed E-state index contributed by atoms with van der Waals surface area (Å²) in [5.41, 5.74) is 1.59. The standard InChI is InChI=1S/C20H32NO5P/c1-7-24-27(23,25-8-2)14-13-18(21-19(22)26-20(4,5)6)15-17-11-9-16(3)10-12-17/h9-14,18H,7-8,15H2,1-6H3,(H,21,22)/b14-13+. The number of hydrogen-bond donors (Lipinski definition) is 1. The predicted molar refractivity (Wildman–Crippen MR) is 108 cm³/mol. The Balaban J connectivity index is 2.97. The second-order valence-electron chi connectivity index (χ2n) is 7.16. The Morgan fingerprint density at radius 1 is 1.15 bits per heavy atom. The van der Waals surface area contributed by atoms with Gasteiger partial charge in [-0.2, -0.15) is 0 Å². The number of hydrogen-bond acceptors (Lipinski definition) is 5. The van der Waals surface area contributed by atoms with Gasteiger partial charge in [-0.25, -0.2) is 4.79 Å². The summed E-state index contributed by atoms with van der Waals surface area (Å²) < 4.78 is 28.5. The van der Waals surface area contributed by atoms with Crippen LogP contribution in [0.2, 0.25) is 0 Å². The summed E-state index contributed by atoms with van der Waals surface area (Å²) in [5, 5.41) is 2.81. The Kier molecular flexibility index (Phi) is 9.23. The number of benzene rings is 1. The van der Waals surface area contributed by atoms with Gasteiger partial charge in [0.05, 0.1) is 19.3 Å². The Labute approximate surface area is 162 Å². The monoisotopic (exact) mass is 397 g/mol. The van der Waals surface area contributed by atoms with Crippen molar-refractivity contribution in [1.29, 1.82) is 0 Å². The summed E-state index contributed by atoms with van der Waals surface area (Å²) in [4.78, 5) is 12.2. The summed E-state index contributed by atoms with van der Waals surface area (Å²) >= 11 is 0. The molecule has 0 aliphatic rings. The van der Waals surface area contributed by atoms with Crippen LogP contribution in [0.3, 0.4) is 0 Å². The second-order valence-corrected chi connectivity index (χ2v) is 9.05. The fourth-order valence-corrected chi connectivity index (χ4v) is 3.68. The average Bonchev–Trinajstić information content (AvgIpc) is 2.53. The normalized spacial score (nSPS) is 13.6. The first-order valence-electron chi connectivity index (χ1n) is 9.20. The minimum Gasteiger partial charge on any atom is -0.444 e. The molecule has 1 aromatic rings. The lowest BCUT2D eigenvalue weighted by Gasteiger charge is -2.23. The number of carbonyl (C=O) groups excluding carboxylic acids is 1. The summed E-state index contributed by atoms with van der Waals surface area (Å²) in [6.07, 6.45) is 1.64. The highest BCUT2D eigenvalue weighted by Gasteiger charge is 2.22. The molecule has 0 heterocycles. The molecule has 7 heteroatoms. The molecule has 1 unspecified atom stereocenters. The highest BCUT2D eigenvalue weighted by Crippen LogP contribution is 2.49. The maximum absolute atomic E-state index is 12.7. The van der Waals surface area contributed by atoms with Crippen LogP contribution in [0.1, 0.15) is 45.7 Å². The van der Waals surface area contributed by atoms with Crippen LogP contribution in [-0.4, -0.2) is 30.9 Å². The smallest absolute Gasteiger partial charge is 0.408 e. The van der Waals surface area contributed by atoms with E-state index in [0.717, 1.165) is 11.1 Å². The summed E-state index contributed by atoms with van der Waals surface area (Å²) in [6.45, 7) is 11.5. The van der Waals surface area contributed by atoms with Crippen molar-refractivity contribution in [2.24, 2.45) is 0 Å². The van der Waals surface area contributed by atoms with Gasteiger partial charge in [0.1, 0.15) is 5.60 Å². The average molecular weight is 397 g/mol. The van der Waals surface area contributed by atoms with E-state index in [1.807, 2.05) is 31.2 Å². The van der Waals surface area contributed by atoms with Crippen molar-refractivity contribution < 1.29 is 23.1 Å². The molecule has 1 rings (SSSR count). The zero-order valence-electron chi connectivity index (χ0n) is 17.2. The minimum absolute atomic E-state index is 0.268. The van der Waals surface area contributed by atoms with Crippen LogP contribution in [0.5, 0.6) is 0 Å². The molecule has 27 heavy (non-hydrogen) atoms. The fraction of sp³-hybridized carbons (Fsp3) is 0.550. The number of rotatable bonds is 9. The van der Waals surface area contributed by atoms with Gasteiger partial charge in [-0.15, -0.1) is 0 Å². The van der Waals surface area contributed by atoms with Crippen LogP contribution in [0.4, 0.5) is 4.79 Å². The van der Waals surface area contributed by atoms with Crippen LogP contribution in [-0.2, 0) is 24.8 Å². The largest absolute Gasteiger partial charge is 0.444 e. The number of aryl methyl sites for hydroxylation is 1. The van der Waals surface area contributed by atoms with Crippen LogP contribution in [0, 0.1) is 6.92 Å². The van der Waals surface area contributed by atoms with Gasteiger partial charge in [-0.1, -0.05) is 35.9 Å². The van der Waals surface area contributed by atoms with E-state index in [4.69, 9.17) is 13.8 Å². The van der Waals surface area contributed by atoms with Gasteiger partial charge in [-0.05, 0) is 53.5 Å². The third-order valence-corrected chi connectivity index (χ3v) is 5.17. The van der Waals surface area contributed by atoms with Crippen molar-refractivity contribution in [1.82, 2.24) is 5.32 Å². The van der Waals surface area contributed by atoms with E-state index < -0.39 is 25.3 Å². The van der Waals surface area contributed by atoms with Crippen LogP contribution in [0.25, 0.3) is 0 Å². The summed E-state index contributed by atoms with van der Waals surface area (Å²) in [6, 6.07) is 7.59. The molecular formula is C20H32NO5P. The molecule has 1 atom stereocenters. The van der Waals surface area contributed by atoms with Crippen LogP contribution < -0.4 is 5.32 Å². The van der Waals surface area contributed by atoms with E-state index in [1.165, 1.54) is 5.82 Å². The van der Waals surface area contributed by atoms with Gasteiger partial charge in [0, 0.05) is 5.82 Å².